The summed E-state index contributed by atoms with van der Waals surface area (Å²) in [4.78, 5) is 0. The van der Waals surface area contributed by atoms with Crippen molar-refractivity contribution < 1.29 is 0 Å². The predicted octanol–water partition coefficient (Wildman–Crippen LogP) is 1.27. The molecule has 0 aliphatic rings. The molecule has 0 spiro atoms. The number of nitrogens with two attached hydrogens (primary N) is 1. The van der Waals surface area contributed by atoms with E-state index in [-0.39, 0.29) is 0 Å². The van der Waals surface area contributed by atoms with Crippen molar-refractivity contribution in [1.29, 1.82) is 0 Å². The van der Waals surface area contributed by atoms with Crippen molar-refractivity contribution in [2.24, 2.45) is 0 Å². The highest BCUT2D eigenvalue weighted by atomic mass is 14.8. The van der Waals surface area contributed by atoms with Crippen LogP contribution in [0.4, 0.5) is 11.4 Å². The Morgan fingerprint density at radius 3 is 2.31 bits per heavy atom. The van der Waals surface area contributed by atoms with Gasteiger partial charge in [0.25, 0.3) is 0 Å². The Labute approximate surface area is 78.1 Å². The molecule has 3 N–H and O–H groups in total. The van der Waals surface area contributed by atoms with E-state index < -0.39 is 0 Å². The number of rotatable bonds is 1. The molecule has 0 aromatic heterocycles. The Hall–Kier alpha value is -2.06. The van der Waals surface area contributed by atoms with Gasteiger partial charge in [0.15, 0.2) is 0 Å². The van der Waals surface area contributed by atoms with Gasteiger partial charge in [0, 0.05) is 23.9 Å². The lowest BCUT2D eigenvalue weighted by Crippen LogP contribution is -1.97. The maximum Gasteiger partial charge on any atom is 0.0510 e. The molecule has 2 heteroatoms. The summed E-state index contributed by atoms with van der Waals surface area (Å²) < 4.78 is 0. The van der Waals surface area contributed by atoms with E-state index >= 15 is 0 Å². The van der Waals surface area contributed by atoms with Crippen LogP contribution in [0.3, 0.4) is 0 Å². The molecule has 0 aliphatic heterocycles. The summed E-state index contributed by atoms with van der Waals surface area (Å²) in [7, 11) is 1.78. The Morgan fingerprint density at radius 2 is 1.85 bits per heavy atom. The Kier molecular flexibility index (Phi) is 2.47. The van der Waals surface area contributed by atoms with Gasteiger partial charge in [-0.2, -0.15) is 0 Å². The molecule has 64 valence electrons. The monoisotopic (exact) mass is 170 g/mol. The molecule has 0 heterocycles. The van der Waals surface area contributed by atoms with E-state index in [1.54, 1.807) is 19.2 Å². The Balaban J connectivity index is 3.39. The second kappa shape index (κ2) is 3.56. The fourth-order valence-corrected chi connectivity index (χ4v) is 1.07. The number of benzene rings is 1. The molecule has 1 rings (SSSR count). The van der Waals surface area contributed by atoms with Crippen molar-refractivity contribution in [3.05, 3.63) is 23.3 Å². The Bertz CT molecular complexity index is 405. The van der Waals surface area contributed by atoms with Crippen LogP contribution in [0, 0.1) is 24.7 Å². The van der Waals surface area contributed by atoms with Crippen LogP contribution in [0.5, 0.6) is 0 Å². The van der Waals surface area contributed by atoms with Crippen molar-refractivity contribution in [1.82, 2.24) is 0 Å². The third-order valence-corrected chi connectivity index (χ3v) is 1.77. The molecule has 0 amide bonds. The maximum atomic E-state index is 5.67. The first-order chi connectivity index (χ1) is 6.22. The lowest BCUT2D eigenvalue weighted by Gasteiger charge is -2.06. The van der Waals surface area contributed by atoms with E-state index in [1.165, 1.54) is 0 Å². The summed E-state index contributed by atoms with van der Waals surface area (Å²) in [5, 5.41) is 2.95. The van der Waals surface area contributed by atoms with Gasteiger partial charge in [-0.1, -0.05) is 11.8 Å². The lowest BCUT2D eigenvalue weighted by molar-refractivity contribution is 1.47. The summed E-state index contributed by atoms with van der Waals surface area (Å²) in [5.74, 6) is 5.02. The lowest BCUT2D eigenvalue weighted by atomic mass is 10.1. The van der Waals surface area contributed by atoms with E-state index in [0.29, 0.717) is 11.3 Å². The molecule has 0 unspecified atom stereocenters. The third kappa shape index (κ3) is 1.58. The topological polar surface area (TPSA) is 38.0 Å². The third-order valence-electron chi connectivity index (χ3n) is 1.77. The normalized spacial score (nSPS) is 8.54. The van der Waals surface area contributed by atoms with Gasteiger partial charge in [-0.15, -0.1) is 12.8 Å². The first kappa shape index (κ1) is 9.03. The van der Waals surface area contributed by atoms with Gasteiger partial charge in [-0.25, -0.2) is 0 Å². The minimum absolute atomic E-state index is 0.537. The summed E-state index contributed by atoms with van der Waals surface area (Å²) in [6, 6.07) is 3.46. The maximum absolute atomic E-state index is 5.67. The quantitative estimate of drug-likeness (QED) is 0.492. The van der Waals surface area contributed by atoms with Crippen LogP contribution < -0.4 is 11.1 Å². The van der Waals surface area contributed by atoms with Crippen molar-refractivity contribution in [3.8, 4) is 24.7 Å². The molecule has 0 aliphatic carbocycles. The summed E-state index contributed by atoms with van der Waals surface area (Å²) in [6.45, 7) is 0. The SMILES string of the molecule is C#Cc1cc(NC)c(C#C)cc1N. The highest BCUT2D eigenvalue weighted by molar-refractivity contribution is 5.70. The van der Waals surface area contributed by atoms with Crippen molar-refractivity contribution >= 4 is 11.4 Å². The summed E-state index contributed by atoms with van der Waals surface area (Å²) in [6.07, 6.45) is 10.5. The molecule has 0 bridgehead atoms. The first-order valence-corrected chi connectivity index (χ1v) is 3.77. The molecule has 13 heavy (non-hydrogen) atoms. The van der Waals surface area contributed by atoms with Gasteiger partial charge in [0.1, 0.15) is 0 Å². The second-order valence-electron chi connectivity index (χ2n) is 2.52. The fourth-order valence-electron chi connectivity index (χ4n) is 1.07. The van der Waals surface area contributed by atoms with E-state index in [4.69, 9.17) is 18.6 Å². The zero-order chi connectivity index (χ0) is 9.84. The Morgan fingerprint density at radius 1 is 1.23 bits per heavy atom. The average molecular weight is 170 g/mol. The molecule has 0 saturated carbocycles. The van der Waals surface area contributed by atoms with Crippen molar-refractivity contribution in [3.63, 3.8) is 0 Å². The van der Waals surface area contributed by atoms with E-state index in [9.17, 15) is 0 Å². The van der Waals surface area contributed by atoms with E-state index in [1.807, 2.05) is 0 Å². The van der Waals surface area contributed by atoms with Gasteiger partial charge in [-0.05, 0) is 12.1 Å². The number of terminal acetylenes is 2. The molecular weight excluding hydrogens is 160 g/mol. The molecule has 1 aromatic carbocycles. The van der Waals surface area contributed by atoms with E-state index in [0.717, 1.165) is 11.3 Å². The van der Waals surface area contributed by atoms with Crippen LogP contribution >= 0.6 is 0 Å². The second-order valence-corrected chi connectivity index (χ2v) is 2.52. The van der Waals surface area contributed by atoms with Crippen LogP contribution in [-0.4, -0.2) is 7.05 Å². The molecular formula is C11H10N2. The summed E-state index contributed by atoms with van der Waals surface area (Å²) >= 11 is 0. The largest absolute Gasteiger partial charge is 0.398 e. The zero-order valence-corrected chi connectivity index (χ0v) is 7.39. The molecule has 0 saturated heterocycles. The van der Waals surface area contributed by atoms with Crippen LogP contribution in [-0.2, 0) is 0 Å². The average Bonchev–Trinajstić information content (AvgIpc) is 2.17. The molecule has 0 fully saturated rings. The highest BCUT2D eigenvalue weighted by Gasteiger charge is 2.02. The zero-order valence-electron chi connectivity index (χ0n) is 7.39. The van der Waals surface area contributed by atoms with Crippen molar-refractivity contribution in [2.75, 3.05) is 18.1 Å². The standard InChI is InChI=1S/C11H10N2/c1-4-8-7-11(13-3)9(5-2)6-10(8)12/h1-2,6-7,13H,12H2,3H3. The number of anilines is 2. The van der Waals surface area contributed by atoms with Crippen molar-refractivity contribution in [2.45, 2.75) is 0 Å². The van der Waals surface area contributed by atoms with Crippen LogP contribution in [0.15, 0.2) is 12.1 Å². The molecule has 1 aromatic rings. The van der Waals surface area contributed by atoms with Gasteiger partial charge in [0.2, 0.25) is 0 Å². The van der Waals surface area contributed by atoms with E-state index in [2.05, 4.69) is 17.2 Å². The highest BCUT2D eigenvalue weighted by Crippen LogP contribution is 2.21. The van der Waals surface area contributed by atoms with Gasteiger partial charge < -0.3 is 11.1 Å². The van der Waals surface area contributed by atoms with Crippen LogP contribution in [0.25, 0.3) is 0 Å². The molecule has 0 atom stereocenters. The van der Waals surface area contributed by atoms with Crippen LogP contribution in [0.2, 0.25) is 0 Å². The number of nitrogens with one attached hydrogen (secondary N) is 1. The first-order valence-electron chi connectivity index (χ1n) is 3.77. The fraction of sp³-hybridized carbons (Fsp3) is 0.0909. The number of hydrogen-bond acceptors (Lipinski definition) is 2. The van der Waals surface area contributed by atoms with Gasteiger partial charge >= 0.3 is 0 Å². The van der Waals surface area contributed by atoms with Crippen LogP contribution in [0.1, 0.15) is 11.1 Å². The van der Waals surface area contributed by atoms with Gasteiger partial charge in [-0.3, -0.25) is 0 Å². The number of nitrogen functional groups attached to an aromatic ring is 1. The predicted molar refractivity (Wildman–Crippen MR) is 56.3 cm³/mol. The minimum atomic E-state index is 0.537. The number of hydrogen-bond donors (Lipinski definition) is 2. The smallest absolute Gasteiger partial charge is 0.0510 e. The summed E-state index contributed by atoms with van der Waals surface area (Å²) in [5.41, 5.74) is 8.40. The van der Waals surface area contributed by atoms with Gasteiger partial charge in [0.05, 0.1) is 5.69 Å². The minimum Gasteiger partial charge on any atom is -0.398 e. The molecule has 0 radical (unpaired) electrons. The molecule has 2 nitrogen and oxygen atoms in total.